The number of benzene rings is 2. The lowest BCUT2D eigenvalue weighted by atomic mass is 9.81. The first-order chi connectivity index (χ1) is 12.1. The second-order valence-corrected chi connectivity index (χ2v) is 6.54. The Kier molecular flexibility index (Phi) is 5.49. The number of ether oxygens (including phenoxy) is 1. The van der Waals surface area contributed by atoms with Gasteiger partial charge in [0.25, 0.3) is 0 Å². The third kappa shape index (κ3) is 4.27. The second kappa shape index (κ2) is 7.97. The standard InChI is InChI=1S/C21H22O4/c22-20(23)17-12-7-13-18(14-17)21(24)25-19(15-8-3-1-4-9-15)16-10-5-2-6-11-16/h1-6,8-11,17-19H,7,12-14H2,(H,22,23). The van der Waals surface area contributed by atoms with Crippen molar-refractivity contribution < 1.29 is 19.4 Å². The highest BCUT2D eigenvalue weighted by atomic mass is 16.5. The van der Waals surface area contributed by atoms with Gasteiger partial charge in [-0.25, -0.2) is 0 Å². The Labute approximate surface area is 147 Å². The molecule has 1 saturated carbocycles. The fraction of sp³-hybridized carbons (Fsp3) is 0.333. The summed E-state index contributed by atoms with van der Waals surface area (Å²) in [6.45, 7) is 0. The molecule has 4 nitrogen and oxygen atoms in total. The van der Waals surface area contributed by atoms with E-state index in [1.807, 2.05) is 60.7 Å². The van der Waals surface area contributed by atoms with Crippen molar-refractivity contribution in [1.82, 2.24) is 0 Å². The van der Waals surface area contributed by atoms with Crippen LogP contribution >= 0.6 is 0 Å². The molecule has 0 saturated heterocycles. The monoisotopic (exact) mass is 338 g/mol. The van der Waals surface area contributed by atoms with E-state index in [1.165, 1.54) is 0 Å². The van der Waals surface area contributed by atoms with Gasteiger partial charge in [0.05, 0.1) is 11.8 Å². The van der Waals surface area contributed by atoms with Crippen molar-refractivity contribution >= 4 is 11.9 Å². The van der Waals surface area contributed by atoms with Crippen LogP contribution in [0, 0.1) is 11.8 Å². The number of rotatable bonds is 5. The van der Waals surface area contributed by atoms with Crippen molar-refractivity contribution in [3.8, 4) is 0 Å². The minimum atomic E-state index is -0.819. The van der Waals surface area contributed by atoms with Crippen molar-refractivity contribution in [3.63, 3.8) is 0 Å². The number of carbonyl (C=O) groups is 2. The van der Waals surface area contributed by atoms with E-state index >= 15 is 0 Å². The van der Waals surface area contributed by atoms with Crippen molar-refractivity contribution in [1.29, 1.82) is 0 Å². The van der Waals surface area contributed by atoms with Gasteiger partial charge in [0.1, 0.15) is 0 Å². The highest BCUT2D eigenvalue weighted by Gasteiger charge is 2.33. The van der Waals surface area contributed by atoms with E-state index in [2.05, 4.69) is 0 Å². The number of carboxylic acid groups (broad SMARTS) is 1. The molecule has 0 amide bonds. The van der Waals surface area contributed by atoms with E-state index in [0.717, 1.165) is 17.5 Å². The summed E-state index contributed by atoms with van der Waals surface area (Å²) in [6, 6.07) is 19.3. The minimum Gasteiger partial charge on any atom is -0.481 e. The Morgan fingerprint density at radius 3 is 1.92 bits per heavy atom. The number of hydrogen-bond donors (Lipinski definition) is 1. The normalized spacial score (nSPS) is 20.2. The molecule has 0 heterocycles. The lowest BCUT2D eigenvalue weighted by Crippen LogP contribution is -2.29. The molecule has 130 valence electrons. The van der Waals surface area contributed by atoms with E-state index in [-0.39, 0.29) is 11.9 Å². The molecule has 0 aliphatic heterocycles. The summed E-state index contributed by atoms with van der Waals surface area (Å²) in [5, 5.41) is 9.22. The first kappa shape index (κ1) is 17.2. The maximum Gasteiger partial charge on any atom is 0.309 e. The lowest BCUT2D eigenvalue weighted by Gasteiger charge is -2.27. The van der Waals surface area contributed by atoms with Crippen LogP contribution in [0.25, 0.3) is 0 Å². The van der Waals surface area contributed by atoms with Gasteiger partial charge in [-0.15, -0.1) is 0 Å². The molecule has 0 radical (unpaired) electrons. The van der Waals surface area contributed by atoms with E-state index in [4.69, 9.17) is 4.74 Å². The first-order valence-electron chi connectivity index (χ1n) is 8.68. The first-order valence-corrected chi connectivity index (χ1v) is 8.68. The minimum absolute atomic E-state index is 0.302. The second-order valence-electron chi connectivity index (χ2n) is 6.54. The Morgan fingerprint density at radius 1 is 0.880 bits per heavy atom. The van der Waals surface area contributed by atoms with Gasteiger partial charge in [-0.1, -0.05) is 67.1 Å². The van der Waals surface area contributed by atoms with E-state index in [9.17, 15) is 14.7 Å². The molecular formula is C21H22O4. The molecule has 0 aromatic heterocycles. The molecule has 2 aromatic carbocycles. The maximum atomic E-state index is 12.7. The van der Waals surface area contributed by atoms with Gasteiger partial charge in [0.15, 0.2) is 6.10 Å². The van der Waals surface area contributed by atoms with Gasteiger partial charge < -0.3 is 9.84 Å². The van der Waals surface area contributed by atoms with Crippen LogP contribution in [0.1, 0.15) is 42.9 Å². The number of carbonyl (C=O) groups excluding carboxylic acids is 1. The van der Waals surface area contributed by atoms with Crippen molar-refractivity contribution in [2.24, 2.45) is 11.8 Å². The molecule has 1 fully saturated rings. The van der Waals surface area contributed by atoms with E-state index in [0.29, 0.717) is 19.3 Å². The molecule has 1 aliphatic rings. The van der Waals surface area contributed by atoms with Crippen LogP contribution in [-0.4, -0.2) is 17.0 Å². The molecule has 4 heteroatoms. The Balaban J connectivity index is 1.78. The van der Waals surface area contributed by atoms with Crippen molar-refractivity contribution in [3.05, 3.63) is 71.8 Å². The van der Waals surface area contributed by atoms with Crippen LogP contribution in [-0.2, 0) is 14.3 Å². The quantitative estimate of drug-likeness (QED) is 0.830. The van der Waals surface area contributed by atoms with Crippen LogP contribution in [0.15, 0.2) is 60.7 Å². The average Bonchev–Trinajstić information content (AvgIpc) is 2.67. The van der Waals surface area contributed by atoms with Crippen LogP contribution in [0.3, 0.4) is 0 Å². The maximum absolute atomic E-state index is 12.7. The number of hydrogen-bond acceptors (Lipinski definition) is 3. The van der Waals surface area contributed by atoms with Crippen molar-refractivity contribution in [2.75, 3.05) is 0 Å². The van der Waals surface area contributed by atoms with Gasteiger partial charge >= 0.3 is 11.9 Å². The largest absolute Gasteiger partial charge is 0.481 e. The summed E-state index contributed by atoms with van der Waals surface area (Å²) in [4.78, 5) is 23.9. The fourth-order valence-electron chi connectivity index (χ4n) is 3.42. The van der Waals surface area contributed by atoms with E-state index < -0.39 is 18.0 Å². The molecule has 2 unspecified atom stereocenters. The zero-order valence-corrected chi connectivity index (χ0v) is 14.0. The van der Waals surface area contributed by atoms with Gasteiger partial charge in [-0.2, -0.15) is 0 Å². The van der Waals surface area contributed by atoms with Crippen LogP contribution in [0.5, 0.6) is 0 Å². The zero-order valence-electron chi connectivity index (χ0n) is 14.0. The topological polar surface area (TPSA) is 63.6 Å². The Bertz CT molecular complexity index is 672. The SMILES string of the molecule is O=C(O)C1CCCC(C(=O)OC(c2ccccc2)c2ccccc2)C1. The Morgan fingerprint density at radius 2 is 1.40 bits per heavy atom. The smallest absolute Gasteiger partial charge is 0.309 e. The summed E-state index contributed by atoms with van der Waals surface area (Å²) in [5.74, 6) is -1.91. The third-order valence-corrected chi connectivity index (χ3v) is 4.80. The Hall–Kier alpha value is -2.62. The molecule has 2 aromatic rings. The average molecular weight is 338 g/mol. The molecule has 2 atom stereocenters. The summed E-state index contributed by atoms with van der Waals surface area (Å²) in [5.41, 5.74) is 1.82. The third-order valence-electron chi connectivity index (χ3n) is 4.80. The highest BCUT2D eigenvalue weighted by Crippen LogP contribution is 2.33. The molecule has 0 spiro atoms. The van der Waals surface area contributed by atoms with Crippen LogP contribution in [0.2, 0.25) is 0 Å². The molecule has 3 rings (SSSR count). The number of carboxylic acids is 1. The van der Waals surface area contributed by atoms with Crippen molar-refractivity contribution in [2.45, 2.75) is 31.8 Å². The molecule has 1 aliphatic carbocycles. The highest BCUT2D eigenvalue weighted by molar-refractivity contribution is 5.76. The van der Waals surface area contributed by atoms with Crippen LogP contribution < -0.4 is 0 Å². The summed E-state index contributed by atoms with van der Waals surface area (Å²) in [6.07, 6.45) is 1.97. The molecule has 1 N–H and O–H groups in total. The van der Waals surface area contributed by atoms with Gasteiger partial charge in [-0.05, 0) is 30.4 Å². The lowest BCUT2D eigenvalue weighted by molar-refractivity contribution is -0.155. The fourth-order valence-corrected chi connectivity index (χ4v) is 3.42. The predicted molar refractivity (Wildman–Crippen MR) is 93.9 cm³/mol. The predicted octanol–water partition coefficient (Wildman–Crippen LogP) is 4.21. The van der Waals surface area contributed by atoms with Gasteiger partial charge in [0.2, 0.25) is 0 Å². The van der Waals surface area contributed by atoms with E-state index in [1.54, 1.807) is 0 Å². The zero-order chi connectivity index (χ0) is 17.6. The summed E-state index contributed by atoms with van der Waals surface area (Å²) >= 11 is 0. The van der Waals surface area contributed by atoms with Gasteiger partial charge in [-0.3, -0.25) is 9.59 Å². The van der Waals surface area contributed by atoms with Gasteiger partial charge in [0, 0.05) is 0 Å². The number of aliphatic carboxylic acids is 1. The summed E-state index contributed by atoms with van der Waals surface area (Å²) < 4.78 is 5.86. The summed E-state index contributed by atoms with van der Waals surface area (Å²) in [7, 11) is 0. The molecule has 25 heavy (non-hydrogen) atoms. The van der Waals surface area contributed by atoms with Crippen LogP contribution in [0.4, 0.5) is 0 Å². The molecular weight excluding hydrogens is 316 g/mol. The molecule has 0 bridgehead atoms. The number of esters is 1.